The summed E-state index contributed by atoms with van der Waals surface area (Å²) in [4.78, 5) is 0.297. The second kappa shape index (κ2) is 4.78. The van der Waals surface area contributed by atoms with E-state index in [0.717, 1.165) is 5.56 Å². The van der Waals surface area contributed by atoms with Crippen LogP contribution in [0, 0.1) is 0 Å². The lowest BCUT2D eigenvalue weighted by Crippen LogP contribution is -2.22. The number of nitrogens with one attached hydrogen (secondary N) is 1. The number of thiophene rings is 1. The van der Waals surface area contributed by atoms with Gasteiger partial charge in [-0.2, -0.15) is 11.3 Å². The Morgan fingerprint density at radius 1 is 1.12 bits per heavy atom. The normalized spacial score (nSPS) is 11.5. The second-order valence-electron chi connectivity index (χ2n) is 3.27. The van der Waals surface area contributed by atoms with Crippen LogP contribution in [-0.2, 0) is 16.6 Å². The number of rotatable bonds is 4. The van der Waals surface area contributed by atoms with Crippen molar-refractivity contribution in [1.82, 2.24) is 4.72 Å². The molecule has 1 heterocycles. The molecule has 1 aromatic carbocycles. The van der Waals surface area contributed by atoms with Crippen LogP contribution >= 0.6 is 11.3 Å². The van der Waals surface area contributed by atoms with Crippen molar-refractivity contribution in [2.75, 3.05) is 0 Å². The molecule has 0 atom stereocenters. The van der Waals surface area contributed by atoms with E-state index < -0.39 is 10.0 Å². The highest BCUT2D eigenvalue weighted by Gasteiger charge is 2.12. The van der Waals surface area contributed by atoms with Crippen LogP contribution in [0.4, 0.5) is 0 Å². The number of hydrogen-bond acceptors (Lipinski definition) is 3. The van der Waals surface area contributed by atoms with Crippen LogP contribution in [0.1, 0.15) is 5.56 Å². The van der Waals surface area contributed by atoms with Gasteiger partial charge in [0.1, 0.15) is 0 Å². The highest BCUT2D eigenvalue weighted by Crippen LogP contribution is 2.10. The Morgan fingerprint density at radius 2 is 1.88 bits per heavy atom. The molecule has 1 aromatic heterocycles. The zero-order valence-electron chi connectivity index (χ0n) is 8.46. The minimum atomic E-state index is -3.38. The molecular formula is C11H11NO2S2. The van der Waals surface area contributed by atoms with Gasteiger partial charge in [0.2, 0.25) is 10.0 Å². The molecule has 1 N–H and O–H groups in total. The molecule has 0 fully saturated rings. The molecule has 0 amide bonds. The monoisotopic (exact) mass is 253 g/mol. The van der Waals surface area contributed by atoms with Crippen LogP contribution in [0.5, 0.6) is 0 Å². The van der Waals surface area contributed by atoms with Gasteiger partial charge >= 0.3 is 0 Å². The Hall–Kier alpha value is -1.17. The molecule has 16 heavy (non-hydrogen) atoms. The van der Waals surface area contributed by atoms with Crippen LogP contribution < -0.4 is 4.72 Å². The van der Waals surface area contributed by atoms with Gasteiger partial charge in [0.25, 0.3) is 0 Å². The summed E-state index contributed by atoms with van der Waals surface area (Å²) in [7, 11) is -3.38. The fourth-order valence-electron chi connectivity index (χ4n) is 1.25. The van der Waals surface area contributed by atoms with Crippen LogP contribution in [0.15, 0.2) is 52.1 Å². The maximum Gasteiger partial charge on any atom is 0.240 e. The van der Waals surface area contributed by atoms with Crippen LogP contribution in [0.2, 0.25) is 0 Å². The first-order valence-electron chi connectivity index (χ1n) is 4.74. The first kappa shape index (κ1) is 11.3. The highest BCUT2D eigenvalue weighted by atomic mass is 32.2. The summed E-state index contributed by atoms with van der Waals surface area (Å²) in [6.45, 7) is 0.334. The van der Waals surface area contributed by atoms with Crippen LogP contribution in [0.25, 0.3) is 0 Å². The SMILES string of the molecule is O=S(=O)(NCc1ccsc1)c1ccccc1. The zero-order chi connectivity index (χ0) is 11.4. The zero-order valence-corrected chi connectivity index (χ0v) is 10.1. The Balaban J connectivity index is 2.10. The molecule has 0 aliphatic rings. The molecule has 0 bridgehead atoms. The van der Waals surface area contributed by atoms with Crippen molar-refractivity contribution in [3.8, 4) is 0 Å². The van der Waals surface area contributed by atoms with Crippen molar-refractivity contribution in [3.63, 3.8) is 0 Å². The fraction of sp³-hybridized carbons (Fsp3) is 0.0909. The third-order valence-corrected chi connectivity index (χ3v) is 4.25. The summed E-state index contributed by atoms with van der Waals surface area (Å²) < 4.78 is 26.2. The molecular weight excluding hydrogens is 242 g/mol. The largest absolute Gasteiger partial charge is 0.240 e. The van der Waals surface area contributed by atoms with E-state index in [2.05, 4.69) is 4.72 Å². The predicted molar refractivity (Wildman–Crippen MR) is 64.8 cm³/mol. The average Bonchev–Trinajstić information content (AvgIpc) is 2.81. The quantitative estimate of drug-likeness (QED) is 0.908. The summed E-state index contributed by atoms with van der Waals surface area (Å²) in [5.41, 5.74) is 0.976. The van der Waals surface area contributed by atoms with Gasteiger partial charge in [-0.3, -0.25) is 0 Å². The molecule has 0 aliphatic heterocycles. The van der Waals surface area contributed by atoms with E-state index in [1.54, 1.807) is 41.7 Å². The van der Waals surface area contributed by atoms with Gasteiger partial charge in [-0.25, -0.2) is 13.1 Å². The smallest absolute Gasteiger partial charge is 0.207 e. The van der Waals surface area contributed by atoms with Crippen molar-refractivity contribution in [3.05, 3.63) is 52.7 Å². The van der Waals surface area contributed by atoms with E-state index in [9.17, 15) is 8.42 Å². The Labute approximate surface area is 98.8 Å². The molecule has 0 aliphatic carbocycles. The van der Waals surface area contributed by atoms with Crippen molar-refractivity contribution < 1.29 is 8.42 Å². The van der Waals surface area contributed by atoms with Gasteiger partial charge in [0, 0.05) is 6.54 Å². The summed E-state index contributed by atoms with van der Waals surface area (Å²) in [5, 5.41) is 3.85. The van der Waals surface area contributed by atoms with E-state index in [1.807, 2.05) is 16.8 Å². The molecule has 84 valence electrons. The third-order valence-electron chi connectivity index (χ3n) is 2.10. The van der Waals surface area contributed by atoms with Crippen molar-refractivity contribution in [2.45, 2.75) is 11.4 Å². The summed E-state index contributed by atoms with van der Waals surface area (Å²) in [6, 6.07) is 10.3. The third kappa shape index (κ3) is 2.69. The Kier molecular flexibility index (Phi) is 3.38. The lowest BCUT2D eigenvalue weighted by molar-refractivity contribution is 0.581. The van der Waals surface area contributed by atoms with Gasteiger partial charge in [-0.05, 0) is 34.5 Å². The van der Waals surface area contributed by atoms with E-state index in [-0.39, 0.29) is 0 Å². The van der Waals surface area contributed by atoms with Gasteiger partial charge in [-0.1, -0.05) is 18.2 Å². The van der Waals surface area contributed by atoms with Gasteiger partial charge in [0.05, 0.1) is 4.90 Å². The van der Waals surface area contributed by atoms with E-state index in [1.165, 1.54) is 0 Å². The van der Waals surface area contributed by atoms with Crippen LogP contribution in [-0.4, -0.2) is 8.42 Å². The number of sulfonamides is 1. The summed E-state index contributed by atoms with van der Waals surface area (Å²) in [5.74, 6) is 0. The molecule has 2 aromatic rings. The van der Waals surface area contributed by atoms with E-state index in [4.69, 9.17) is 0 Å². The van der Waals surface area contributed by atoms with Crippen molar-refractivity contribution >= 4 is 21.4 Å². The molecule has 0 spiro atoms. The second-order valence-corrected chi connectivity index (χ2v) is 5.82. The number of hydrogen-bond donors (Lipinski definition) is 1. The van der Waals surface area contributed by atoms with Crippen molar-refractivity contribution in [2.24, 2.45) is 0 Å². The predicted octanol–water partition coefficient (Wildman–Crippen LogP) is 2.23. The number of benzene rings is 1. The van der Waals surface area contributed by atoms with Gasteiger partial charge in [0.15, 0.2) is 0 Å². The Bertz CT molecular complexity index is 533. The van der Waals surface area contributed by atoms with Crippen molar-refractivity contribution in [1.29, 1.82) is 0 Å². The lowest BCUT2D eigenvalue weighted by atomic mass is 10.4. The standard InChI is InChI=1S/C11H11NO2S2/c13-16(14,11-4-2-1-3-5-11)12-8-10-6-7-15-9-10/h1-7,9,12H,8H2. The van der Waals surface area contributed by atoms with Gasteiger partial charge in [-0.15, -0.1) is 0 Å². The molecule has 5 heteroatoms. The molecule has 0 unspecified atom stereocenters. The van der Waals surface area contributed by atoms with Gasteiger partial charge < -0.3 is 0 Å². The first-order chi connectivity index (χ1) is 7.68. The molecule has 0 radical (unpaired) electrons. The fourth-order valence-corrected chi connectivity index (χ4v) is 2.96. The average molecular weight is 253 g/mol. The first-order valence-corrected chi connectivity index (χ1v) is 7.17. The van der Waals surface area contributed by atoms with E-state index in [0.29, 0.717) is 11.4 Å². The van der Waals surface area contributed by atoms with Crippen LogP contribution in [0.3, 0.4) is 0 Å². The van der Waals surface area contributed by atoms with E-state index >= 15 is 0 Å². The molecule has 2 rings (SSSR count). The molecule has 0 saturated carbocycles. The highest BCUT2D eigenvalue weighted by molar-refractivity contribution is 7.89. The summed E-state index contributed by atoms with van der Waals surface area (Å²) in [6.07, 6.45) is 0. The minimum absolute atomic E-state index is 0.297. The lowest BCUT2D eigenvalue weighted by Gasteiger charge is -2.05. The topological polar surface area (TPSA) is 46.2 Å². The maximum absolute atomic E-state index is 11.8. The Morgan fingerprint density at radius 3 is 2.50 bits per heavy atom. The maximum atomic E-state index is 11.8. The molecule has 0 saturated heterocycles. The minimum Gasteiger partial charge on any atom is -0.207 e. The molecule has 3 nitrogen and oxygen atoms in total. The summed E-state index contributed by atoms with van der Waals surface area (Å²) >= 11 is 1.55.